The number of hydrogen-bond acceptors (Lipinski definition) is 5. The van der Waals surface area contributed by atoms with Gasteiger partial charge in [0.25, 0.3) is 0 Å². The van der Waals surface area contributed by atoms with Crippen molar-refractivity contribution in [1.82, 2.24) is 0 Å². The Morgan fingerprint density at radius 2 is 1.70 bits per heavy atom. The van der Waals surface area contributed by atoms with Crippen molar-refractivity contribution in [3.8, 4) is 5.75 Å². The third kappa shape index (κ3) is 4.55. The van der Waals surface area contributed by atoms with E-state index >= 15 is 0 Å². The Balaban J connectivity index is 2.01. The SMILES string of the molecule is COC(=O)[C@@H](N)[C@@H](OC)c1ccc(OCc2ccccc2)cc1. The molecular weight excluding hydrogens is 294 g/mol. The Morgan fingerprint density at radius 1 is 1.04 bits per heavy atom. The summed E-state index contributed by atoms with van der Waals surface area (Å²) in [7, 11) is 2.81. The quantitative estimate of drug-likeness (QED) is 0.795. The molecule has 2 N–H and O–H groups in total. The molecule has 0 spiro atoms. The summed E-state index contributed by atoms with van der Waals surface area (Å²) in [5.74, 6) is 0.223. The van der Waals surface area contributed by atoms with Crippen LogP contribution < -0.4 is 10.5 Å². The highest BCUT2D eigenvalue weighted by molar-refractivity contribution is 5.76. The van der Waals surface area contributed by atoms with Gasteiger partial charge in [0.1, 0.15) is 24.5 Å². The molecule has 0 aliphatic heterocycles. The number of hydrogen-bond donors (Lipinski definition) is 1. The van der Waals surface area contributed by atoms with Crippen LogP contribution in [0.15, 0.2) is 54.6 Å². The molecule has 5 nitrogen and oxygen atoms in total. The van der Waals surface area contributed by atoms with Gasteiger partial charge in [-0.15, -0.1) is 0 Å². The molecule has 0 radical (unpaired) electrons. The summed E-state index contributed by atoms with van der Waals surface area (Å²) < 4.78 is 15.7. The molecule has 0 aliphatic carbocycles. The van der Waals surface area contributed by atoms with E-state index < -0.39 is 18.1 Å². The number of methoxy groups -OCH3 is 2. The average Bonchev–Trinajstić information content (AvgIpc) is 2.61. The number of benzene rings is 2. The fourth-order valence-corrected chi connectivity index (χ4v) is 2.24. The lowest BCUT2D eigenvalue weighted by Gasteiger charge is -2.21. The molecule has 0 heterocycles. The Labute approximate surface area is 136 Å². The van der Waals surface area contributed by atoms with Crippen molar-refractivity contribution in [1.29, 1.82) is 0 Å². The zero-order valence-electron chi connectivity index (χ0n) is 13.3. The van der Waals surface area contributed by atoms with Crippen molar-refractivity contribution < 1.29 is 19.0 Å². The molecule has 2 aromatic rings. The molecule has 0 aromatic heterocycles. The Kier molecular flexibility index (Phi) is 6.14. The maximum atomic E-state index is 11.6. The largest absolute Gasteiger partial charge is 0.489 e. The van der Waals surface area contributed by atoms with Crippen molar-refractivity contribution in [2.45, 2.75) is 18.8 Å². The normalized spacial score (nSPS) is 13.2. The standard InChI is InChI=1S/C18H21NO4/c1-21-17(16(19)18(20)22-2)14-8-10-15(11-9-14)23-12-13-6-4-3-5-7-13/h3-11,16-17H,12,19H2,1-2H3/t16-,17-/m0/s1. The molecule has 0 bridgehead atoms. The molecule has 5 heteroatoms. The van der Waals surface area contributed by atoms with Gasteiger partial charge in [0.2, 0.25) is 0 Å². The minimum absolute atomic E-state index is 0.496. The molecule has 2 atom stereocenters. The first-order valence-electron chi connectivity index (χ1n) is 7.28. The van der Waals surface area contributed by atoms with Gasteiger partial charge < -0.3 is 19.9 Å². The summed E-state index contributed by atoms with van der Waals surface area (Å²) in [5.41, 5.74) is 7.74. The molecular formula is C18H21NO4. The summed E-state index contributed by atoms with van der Waals surface area (Å²) >= 11 is 0. The highest BCUT2D eigenvalue weighted by Gasteiger charge is 2.26. The van der Waals surface area contributed by atoms with Gasteiger partial charge in [-0.3, -0.25) is 4.79 Å². The van der Waals surface area contributed by atoms with E-state index in [2.05, 4.69) is 4.74 Å². The van der Waals surface area contributed by atoms with Gasteiger partial charge in [-0.2, -0.15) is 0 Å². The van der Waals surface area contributed by atoms with E-state index in [-0.39, 0.29) is 0 Å². The summed E-state index contributed by atoms with van der Waals surface area (Å²) in [4.78, 5) is 11.6. The van der Waals surface area contributed by atoms with Crippen LogP contribution in [-0.4, -0.2) is 26.2 Å². The maximum absolute atomic E-state index is 11.6. The van der Waals surface area contributed by atoms with Crippen LogP contribution in [0.2, 0.25) is 0 Å². The van der Waals surface area contributed by atoms with E-state index in [1.54, 1.807) is 0 Å². The first-order chi connectivity index (χ1) is 11.2. The molecule has 2 rings (SSSR count). The molecule has 0 amide bonds. The summed E-state index contributed by atoms with van der Waals surface area (Å²) in [6.45, 7) is 0.496. The molecule has 0 unspecified atom stereocenters. The minimum atomic E-state index is -0.874. The molecule has 122 valence electrons. The van der Waals surface area contributed by atoms with E-state index in [0.29, 0.717) is 6.61 Å². The number of nitrogens with two attached hydrogens (primary N) is 1. The van der Waals surface area contributed by atoms with E-state index in [9.17, 15) is 4.79 Å². The van der Waals surface area contributed by atoms with E-state index in [0.717, 1.165) is 16.9 Å². The van der Waals surface area contributed by atoms with Gasteiger partial charge >= 0.3 is 5.97 Å². The third-order valence-corrected chi connectivity index (χ3v) is 3.51. The van der Waals surface area contributed by atoms with E-state index in [1.165, 1.54) is 14.2 Å². The predicted molar refractivity (Wildman–Crippen MR) is 87.0 cm³/mol. The molecule has 23 heavy (non-hydrogen) atoms. The second-order valence-corrected chi connectivity index (χ2v) is 5.05. The van der Waals surface area contributed by atoms with E-state index in [1.807, 2.05) is 54.6 Å². The fourth-order valence-electron chi connectivity index (χ4n) is 2.24. The van der Waals surface area contributed by atoms with Crippen LogP contribution in [0.3, 0.4) is 0 Å². The minimum Gasteiger partial charge on any atom is -0.489 e. The van der Waals surface area contributed by atoms with Gasteiger partial charge in [-0.25, -0.2) is 0 Å². The number of carbonyl (C=O) groups is 1. The van der Waals surface area contributed by atoms with Crippen LogP contribution in [0.1, 0.15) is 17.2 Å². The predicted octanol–water partition coefficient (Wildman–Crippen LogP) is 2.45. The lowest BCUT2D eigenvalue weighted by molar-refractivity contribution is -0.145. The Bertz CT molecular complexity index is 613. The van der Waals surface area contributed by atoms with Crippen LogP contribution in [0, 0.1) is 0 Å². The first-order valence-corrected chi connectivity index (χ1v) is 7.28. The zero-order chi connectivity index (χ0) is 16.7. The smallest absolute Gasteiger partial charge is 0.325 e. The topological polar surface area (TPSA) is 70.8 Å². The van der Waals surface area contributed by atoms with Crippen molar-refractivity contribution in [3.05, 3.63) is 65.7 Å². The number of rotatable bonds is 7. The monoisotopic (exact) mass is 315 g/mol. The number of carbonyl (C=O) groups excluding carboxylic acids is 1. The van der Waals surface area contributed by atoms with Gasteiger partial charge in [0, 0.05) is 7.11 Å². The van der Waals surface area contributed by atoms with Crippen LogP contribution in [0.4, 0.5) is 0 Å². The van der Waals surface area contributed by atoms with Gasteiger partial charge in [-0.1, -0.05) is 42.5 Å². The summed E-state index contributed by atoms with van der Waals surface area (Å²) in [6, 6.07) is 16.4. The molecule has 0 saturated carbocycles. The molecule has 0 aliphatic rings. The van der Waals surface area contributed by atoms with Crippen LogP contribution in [0.5, 0.6) is 5.75 Å². The fraction of sp³-hybridized carbons (Fsp3) is 0.278. The summed E-state index contributed by atoms with van der Waals surface area (Å²) in [6.07, 6.45) is -0.564. The van der Waals surface area contributed by atoms with E-state index in [4.69, 9.17) is 15.2 Å². The second kappa shape index (κ2) is 8.31. The second-order valence-electron chi connectivity index (χ2n) is 5.05. The highest BCUT2D eigenvalue weighted by atomic mass is 16.5. The Morgan fingerprint density at radius 3 is 2.26 bits per heavy atom. The lowest BCUT2D eigenvalue weighted by Crippen LogP contribution is -2.38. The summed E-state index contributed by atoms with van der Waals surface area (Å²) in [5, 5.41) is 0. The Hall–Kier alpha value is -2.37. The first kappa shape index (κ1) is 17.0. The highest BCUT2D eigenvalue weighted by Crippen LogP contribution is 2.23. The van der Waals surface area contributed by atoms with Crippen LogP contribution in [-0.2, 0) is 20.9 Å². The lowest BCUT2D eigenvalue weighted by atomic mass is 10.0. The van der Waals surface area contributed by atoms with Gasteiger partial charge in [0.05, 0.1) is 7.11 Å². The van der Waals surface area contributed by atoms with Crippen molar-refractivity contribution in [2.75, 3.05) is 14.2 Å². The number of esters is 1. The average molecular weight is 315 g/mol. The maximum Gasteiger partial charge on any atom is 0.325 e. The zero-order valence-corrected chi connectivity index (χ0v) is 13.3. The molecule has 0 saturated heterocycles. The number of ether oxygens (including phenoxy) is 3. The third-order valence-electron chi connectivity index (χ3n) is 3.51. The van der Waals surface area contributed by atoms with Gasteiger partial charge in [0.15, 0.2) is 0 Å². The van der Waals surface area contributed by atoms with Crippen LogP contribution in [0.25, 0.3) is 0 Å². The van der Waals surface area contributed by atoms with Crippen molar-refractivity contribution >= 4 is 5.97 Å². The van der Waals surface area contributed by atoms with Crippen LogP contribution >= 0.6 is 0 Å². The van der Waals surface area contributed by atoms with Crippen molar-refractivity contribution in [3.63, 3.8) is 0 Å². The van der Waals surface area contributed by atoms with Gasteiger partial charge in [-0.05, 0) is 23.3 Å². The molecule has 0 fully saturated rings. The molecule has 2 aromatic carbocycles. The van der Waals surface area contributed by atoms with Crippen molar-refractivity contribution in [2.24, 2.45) is 5.73 Å².